The summed E-state index contributed by atoms with van der Waals surface area (Å²) in [7, 11) is 0. The van der Waals surface area contributed by atoms with E-state index in [0.29, 0.717) is 4.90 Å². The van der Waals surface area contributed by atoms with Crippen LogP contribution >= 0.6 is 11.6 Å². The Hall–Kier alpha value is -1.83. The van der Waals surface area contributed by atoms with Crippen molar-refractivity contribution >= 4 is 23.2 Å². The minimum Gasteiger partial charge on any atom is -0.329 e. The molecule has 0 bridgehead atoms. The highest BCUT2D eigenvalue weighted by atomic mass is 35.5. The maximum atomic E-state index is 12.5. The Balaban J connectivity index is 3.21. The van der Waals surface area contributed by atoms with E-state index in [0.717, 1.165) is 6.07 Å². The summed E-state index contributed by atoms with van der Waals surface area (Å²) in [5.41, 5.74) is -1.14. The molecule has 1 aromatic carbocycles. The number of hydrogen-bond donors (Lipinski definition) is 0. The highest BCUT2D eigenvalue weighted by Crippen LogP contribution is 2.30. The fraction of sp³-hybridized carbons (Fsp3) is 0.417. The Morgan fingerprint density at radius 3 is 2.52 bits per heavy atom. The van der Waals surface area contributed by atoms with Gasteiger partial charge in [0.15, 0.2) is 0 Å². The molecule has 5 nitrogen and oxygen atoms in total. The average molecular weight is 325 g/mol. The highest BCUT2D eigenvalue weighted by molar-refractivity contribution is 6.33. The van der Waals surface area contributed by atoms with Gasteiger partial charge in [-0.25, -0.2) is 0 Å². The number of alkyl halides is 3. The zero-order valence-corrected chi connectivity index (χ0v) is 11.7. The fourth-order valence-electron chi connectivity index (χ4n) is 1.78. The molecule has 0 radical (unpaired) electrons. The normalized spacial score (nSPS) is 11.3. The first kappa shape index (κ1) is 17.2. The quantitative estimate of drug-likeness (QED) is 0.613. The summed E-state index contributed by atoms with van der Waals surface area (Å²) in [4.78, 5) is 22.7. The fourth-order valence-corrected chi connectivity index (χ4v) is 2.03. The van der Waals surface area contributed by atoms with Gasteiger partial charge in [0.25, 0.3) is 5.91 Å². The van der Waals surface area contributed by atoms with E-state index in [2.05, 4.69) is 0 Å². The van der Waals surface area contributed by atoms with Crippen LogP contribution in [0.1, 0.15) is 23.7 Å². The summed E-state index contributed by atoms with van der Waals surface area (Å²) in [5, 5.41) is 10.6. The first-order valence-corrected chi connectivity index (χ1v) is 6.34. The van der Waals surface area contributed by atoms with Crippen molar-refractivity contribution in [3.63, 3.8) is 0 Å². The third kappa shape index (κ3) is 4.59. The lowest BCUT2D eigenvalue weighted by atomic mass is 10.1. The molecular formula is C12H12ClF3N2O3. The van der Waals surface area contributed by atoms with Gasteiger partial charge < -0.3 is 4.90 Å². The van der Waals surface area contributed by atoms with Crippen LogP contribution in [0, 0.1) is 10.1 Å². The van der Waals surface area contributed by atoms with E-state index in [4.69, 9.17) is 11.6 Å². The van der Waals surface area contributed by atoms with Gasteiger partial charge in [-0.1, -0.05) is 24.6 Å². The summed E-state index contributed by atoms with van der Waals surface area (Å²) in [6.45, 7) is -0.0333. The molecule has 0 aliphatic heterocycles. The third-order valence-corrected chi connectivity index (χ3v) is 2.86. The second kappa shape index (κ2) is 6.75. The Kier molecular flexibility index (Phi) is 5.54. The lowest BCUT2D eigenvalue weighted by Gasteiger charge is -2.23. The molecule has 1 rings (SSSR count). The molecular weight excluding hydrogens is 313 g/mol. The largest absolute Gasteiger partial charge is 0.406 e. The second-order valence-electron chi connectivity index (χ2n) is 4.23. The Bertz CT molecular complexity index is 549. The lowest BCUT2D eigenvalue weighted by molar-refractivity contribution is -0.385. The van der Waals surface area contributed by atoms with Crippen LogP contribution in [-0.2, 0) is 0 Å². The predicted octanol–water partition coefficient (Wildman–Crippen LogP) is 3.66. The zero-order valence-electron chi connectivity index (χ0n) is 11.0. The zero-order chi connectivity index (χ0) is 16.2. The molecule has 0 spiro atoms. The molecule has 9 heteroatoms. The summed E-state index contributed by atoms with van der Waals surface area (Å²) in [5.74, 6) is -1.07. The molecule has 0 unspecified atom stereocenters. The van der Waals surface area contributed by atoms with Gasteiger partial charge in [-0.05, 0) is 18.6 Å². The average Bonchev–Trinajstić information content (AvgIpc) is 2.35. The number of halogens is 4. The Morgan fingerprint density at radius 2 is 2.05 bits per heavy atom. The van der Waals surface area contributed by atoms with E-state index >= 15 is 0 Å². The number of amides is 1. The molecule has 1 amide bonds. The summed E-state index contributed by atoms with van der Waals surface area (Å²) >= 11 is 5.65. The van der Waals surface area contributed by atoms with Crippen LogP contribution in [0.3, 0.4) is 0 Å². The second-order valence-corrected chi connectivity index (χ2v) is 4.64. The number of para-hydroxylation sites is 1. The number of carbonyl (C=O) groups excluding carboxylic acids is 1. The van der Waals surface area contributed by atoms with Crippen molar-refractivity contribution in [3.8, 4) is 0 Å². The van der Waals surface area contributed by atoms with Crippen molar-refractivity contribution in [2.45, 2.75) is 19.5 Å². The van der Waals surface area contributed by atoms with E-state index in [1.165, 1.54) is 12.1 Å². The van der Waals surface area contributed by atoms with Gasteiger partial charge in [-0.15, -0.1) is 0 Å². The van der Waals surface area contributed by atoms with Crippen LogP contribution < -0.4 is 0 Å². The number of nitro groups is 1. The van der Waals surface area contributed by atoms with Crippen molar-refractivity contribution in [2.24, 2.45) is 0 Å². The van der Waals surface area contributed by atoms with E-state index in [9.17, 15) is 28.1 Å². The predicted molar refractivity (Wildman–Crippen MR) is 70.4 cm³/mol. The van der Waals surface area contributed by atoms with Crippen LogP contribution in [0.4, 0.5) is 18.9 Å². The van der Waals surface area contributed by atoms with E-state index < -0.39 is 34.8 Å². The number of nitro benzene ring substituents is 1. The minimum absolute atomic E-state index is 0.165. The molecule has 0 aliphatic rings. The van der Waals surface area contributed by atoms with Gasteiger partial charge >= 0.3 is 11.9 Å². The number of carbonyl (C=O) groups is 1. The van der Waals surface area contributed by atoms with Crippen molar-refractivity contribution < 1.29 is 22.9 Å². The maximum Gasteiger partial charge on any atom is 0.406 e. The van der Waals surface area contributed by atoms with Gasteiger partial charge in [0, 0.05) is 6.54 Å². The van der Waals surface area contributed by atoms with Gasteiger partial charge in [0.05, 0.1) is 4.92 Å². The van der Waals surface area contributed by atoms with E-state index in [1.807, 2.05) is 0 Å². The van der Waals surface area contributed by atoms with Crippen LogP contribution in [-0.4, -0.2) is 35.0 Å². The SMILES string of the molecule is CCCN(CC(F)(F)F)C(=O)c1cccc(Cl)c1[N+](=O)[O-]. The van der Waals surface area contributed by atoms with E-state index in [-0.39, 0.29) is 18.0 Å². The highest BCUT2D eigenvalue weighted by Gasteiger charge is 2.35. The third-order valence-electron chi connectivity index (χ3n) is 2.55. The number of nitrogens with zero attached hydrogens (tertiary/aromatic N) is 2. The van der Waals surface area contributed by atoms with Gasteiger partial charge in [0.1, 0.15) is 17.1 Å². The molecule has 0 heterocycles. The topological polar surface area (TPSA) is 63.5 Å². The van der Waals surface area contributed by atoms with Crippen LogP contribution in [0.15, 0.2) is 18.2 Å². The molecule has 0 aliphatic carbocycles. The monoisotopic (exact) mass is 324 g/mol. The van der Waals surface area contributed by atoms with Crippen LogP contribution in [0.2, 0.25) is 5.02 Å². The van der Waals surface area contributed by atoms with Crippen molar-refractivity contribution in [1.29, 1.82) is 0 Å². The molecule has 0 atom stereocenters. The molecule has 21 heavy (non-hydrogen) atoms. The lowest BCUT2D eigenvalue weighted by Crippen LogP contribution is -2.39. The van der Waals surface area contributed by atoms with Crippen molar-refractivity contribution in [1.82, 2.24) is 4.90 Å². The van der Waals surface area contributed by atoms with E-state index in [1.54, 1.807) is 6.92 Å². The van der Waals surface area contributed by atoms with Crippen molar-refractivity contribution in [2.75, 3.05) is 13.1 Å². The molecule has 0 aromatic heterocycles. The first-order valence-electron chi connectivity index (χ1n) is 5.96. The standard InChI is InChI=1S/C12H12ClF3N2O3/c1-2-6-17(7-12(14,15)16)11(19)8-4-3-5-9(13)10(8)18(20)21/h3-5H,2,6-7H2,1H3. The Morgan fingerprint density at radius 1 is 1.43 bits per heavy atom. The molecule has 116 valence electrons. The summed E-state index contributed by atoms with van der Waals surface area (Å²) in [6.07, 6.45) is -4.30. The molecule has 0 saturated heterocycles. The van der Waals surface area contributed by atoms with Crippen LogP contribution in [0.25, 0.3) is 0 Å². The Labute approximate surface area is 123 Å². The van der Waals surface area contributed by atoms with Crippen molar-refractivity contribution in [3.05, 3.63) is 38.9 Å². The molecule has 0 saturated carbocycles. The summed E-state index contributed by atoms with van der Waals surface area (Å²) < 4.78 is 37.5. The number of hydrogen-bond acceptors (Lipinski definition) is 3. The van der Waals surface area contributed by atoms with Crippen LogP contribution in [0.5, 0.6) is 0 Å². The van der Waals surface area contributed by atoms with Gasteiger partial charge in [-0.2, -0.15) is 13.2 Å². The van der Waals surface area contributed by atoms with Gasteiger partial charge in [0.2, 0.25) is 0 Å². The molecule has 1 aromatic rings. The number of benzene rings is 1. The first-order chi connectivity index (χ1) is 9.67. The molecule has 0 fully saturated rings. The maximum absolute atomic E-state index is 12.5. The number of rotatable bonds is 5. The molecule has 0 N–H and O–H groups in total. The summed E-state index contributed by atoms with van der Waals surface area (Å²) in [6, 6.07) is 3.57. The smallest absolute Gasteiger partial charge is 0.329 e. The minimum atomic E-state index is -4.59. The van der Waals surface area contributed by atoms with Gasteiger partial charge in [-0.3, -0.25) is 14.9 Å².